The average Bonchev–Trinajstić information content (AvgIpc) is 2.97. The third-order valence-corrected chi connectivity index (χ3v) is 3.51. The topological polar surface area (TPSA) is 29.9 Å². The van der Waals surface area contributed by atoms with Crippen LogP contribution in [0.25, 0.3) is 5.69 Å². The number of para-hydroxylation sites is 1. The van der Waals surface area contributed by atoms with Crippen LogP contribution in [0.2, 0.25) is 0 Å². The normalized spacial score (nSPS) is 10.8. The quantitative estimate of drug-likeness (QED) is 0.746. The van der Waals surface area contributed by atoms with E-state index in [9.17, 15) is 0 Å². The van der Waals surface area contributed by atoms with E-state index in [-0.39, 0.29) is 0 Å². The monoisotopic (exact) mass is 277 g/mol. The van der Waals surface area contributed by atoms with E-state index < -0.39 is 0 Å². The first-order valence-corrected chi connectivity index (χ1v) is 7.20. The zero-order valence-corrected chi connectivity index (χ0v) is 12.3. The van der Waals surface area contributed by atoms with E-state index in [0.717, 1.165) is 17.3 Å². The van der Waals surface area contributed by atoms with Crippen molar-refractivity contribution in [3.8, 4) is 5.69 Å². The smallest absolute Gasteiger partial charge is 0.211 e. The summed E-state index contributed by atoms with van der Waals surface area (Å²) in [4.78, 5) is 4.40. The highest BCUT2D eigenvalue weighted by Crippen LogP contribution is 2.21. The molecule has 2 aromatic carbocycles. The van der Waals surface area contributed by atoms with Gasteiger partial charge in [-0.1, -0.05) is 44.2 Å². The number of rotatable bonds is 4. The first-order valence-electron chi connectivity index (χ1n) is 7.20. The first kappa shape index (κ1) is 13.4. The third-order valence-electron chi connectivity index (χ3n) is 3.51. The van der Waals surface area contributed by atoms with Crippen LogP contribution < -0.4 is 5.32 Å². The Balaban J connectivity index is 1.84. The predicted molar refractivity (Wildman–Crippen MR) is 87.4 cm³/mol. The molecule has 0 spiro atoms. The number of benzene rings is 2. The van der Waals surface area contributed by atoms with Crippen LogP contribution in [0.4, 0.5) is 11.6 Å². The molecule has 3 heteroatoms. The number of imidazole rings is 1. The molecule has 106 valence electrons. The molecule has 1 heterocycles. The molecule has 1 N–H and O–H groups in total. The molecular formula is C18H19N3. The lowest BCUT2D eigenvalue weighted by molar-refractivity contribution is 0.867. The second kappa shape index (κ2) is 5.83. The largest absolute Gasteiger partial charge is 0.325 e. The van der Waals surface area contributed by atoms with E-state index in [2.05, 4.69) is 60.5 Å². The highest BCUT2D eigenvalue weighted by Gasteiger charge is 2.05. The van der Waals surface area contributed by atoms with E-state index in [4.69, 9.17) is 0 Å². The molecule has 0 amide bonds. The summed E-state index contributed by atoms with van der Waals surface area (Å²) in [6.45, 7) is 4.40. The molecule has 0 saturated carbocycles. The molecule has 0 saturated heterocycles. The van der Waals surface area contributed by atoms with E-state index in [1.54, 1.807) is 6.20 Å². The first-order chi connectivity index (χ1) is 10.2. The maximum Gasteiger partial charge on any atom is 0.211 e. The summed E-state index contributed by atoms with van der Waals surface area (Å²) in [5, 5.41) is 3.37. The van der Waals surface area contributed by atoms with Crippen LogP contribution in [0.5, 0.6) is 0 Å². The lowest BCUT2D eigenvalue weighted by Crippen LogP contribution is -2.01. The fourth-order valence-electron chi connectivity index (χ4n) is 2.27. The number of nitrogens with one attached hydrogen (secondary N) is 1. The summed E-state index contributed by atoms with van der Waals surface area (Å²) in [6.07, 6.45) is 3.76. The van der Waals surface area contributed by atoms with Crippen LogP contribution in [0.15, 0.2) is 67.0 Å². The van der Waals surface area contributed by atoms with Crippen LogP contribution in [-0.4, -0.2) is 9.55 Å². The summed E-state index contributed by atoms with van der Waals surface area (Å²) in [5.41, 5.74) is 3.48. The van der Waals surface area contributed by atoms with Gasteiger partial charge in [0.05, 0.1) is 0 Å². The van der Waals surface area contributed by atoms with Crippen LogP contribution in [0.1, 0.15) is 25.3 Å². The van der Waals surface area contributed by atoms with E-state index in [1.807, 2.05) is 29.0 Å². The zero-order valence-electron chi connectivity index (χ0n) is 12.3. The lowest BCUT2D eigenvalue weighted by Gasteiger charge is -2.11. The van der Waals surface area contributed by atoms with Gasteiger partial charge in [0.15, 0.2) is 0 Å². The van der Waals surface area contributed by atoms with Crippen molar-refractivity contribution in [1.82, 2.24) is 9.55 Å². The van der Waals surface area contributed by atoms with Gasteiger partial charge in [0.2, 0.25) is 5.95 Å². The molecule has 21 heavy (non-hydrogen) atoms. The minimum Gasteiger partial charge on any atom is -0.325 e. The summed E-state index contributed by atoms with van der Waals surface area (Å²) >= 11 is 0. The van der Waals surface area contributed by atoms with Crippen molar-refractivity contribution >= 4 is 11.6 Å². The Morgan fingerprint density at radius 2 is 1.67 bits per heavy atom. The Bertz CT molecular complexity index is 697. The Morgan fingerprint density at radius 1 is 0.952 bits per heavy atom. The lowest BCUT2D eigenvalue weighted by atomic mass is 10.0. The van der Waals surface area contributed by atoms with Gasteiger partial charge in [-0.25, -0.2) is 4.98 Å². The van der Waals surface area contributed by atoms with Crippen LogP contribution >= 0.6 is 0 Å². The summed E-state index contributed by atoms with van der Waals surface area (Å²) in [6, 6.07) is 18.7. The predicted octanol–water partition coefficient (Wildman–Crippen LogP) is 4.74. The Kier molecular flexibility index (Phi) is 3.73. The van der Waals surface area contributed by atoms with Gasteiger partial charge in [0.25, 0.3) is 0 Å². The second-order valence-electron chi connectivity index (χ2n) is 5.36. The van der Waals surface area contributed by atoms with Gasteiger partial charge in [0, 0.05) is 23.8 Å². The van der Waals surface area contributed by atoms with Crippen molar-refractivity contribution < 1.29 is 0 Å². The SMILES string of the molecule is CC(C)c1ccc(Nc2nccn2-c2ccccc2)cc1. The van der Waals surface area contributed by atoms with Crippen molar-refractivity contribution in [2.45, 2.75) is 19.8 Å². The highest BCUT2D eigenvalue weighted by molar-refractivity contribution is 5.56. The van der Waals surface area contributed by atoms with Crippen LogP contribution in [-0.2, 0) is 0 Å². The van der Waals surface area contributed by atoms with Crippen molar-refractivity contribution in [3.05, 3.63) is 72.6 Å². The molecule has 3 aromatic rings. The maximum atomic E-state index is 4.40. The average molecular weight is 277 g/mol. The fraction of sp³-hybridized carbons (Fsp3) is 0.167. The molecule has 0 aliphatic heterocycles. The van der Waals surface area contributed by atoms with Gasteiger partial charge in [-0.3, -0.25) is 4.57 Å². The van der Waals surface area contributed by atoms with E-state index >= 15 is 0 Å². The molecule has 0 bridgehead atoms. The van der Waals surface area contributed by atoms with Crippen molar-refractivity contribution in [2.75, 3.05) is 5.32 Å². The minimum absolute atomic E-state index is 0.547. The van der Waals surface area contributed by atoms with Crippen LogP contribution in [0.3, 0.4) is 0 Å². The molecule has 0 atom stereocenters. The molecule has 0 fully saturated rings. The standard InChI is InChI=1S/C18H19N3/c1-14(2)15-8-10-16(11-9-15)20-18-19-12-13-21(18)17-6-4-3-5-7-17/h3-14H,1-2H3,(H,19,20). The molecule has 0 radical (unpaired) electrons. The summed E-state index contributed by atoms with van der Waals surface area (Å²) in [5.74, 6) is 1.36. The Hall–Kier alpha value is -2.55. The fourth-order valence-corrected chi connectivity index (χ4v) is 2.27. The molecule has 0 unspecified atom stereocenters. The number of aromatic nitrogens is 2. The molecule has 1 aromatic heterocycles. The van der Waals surface area contributed by atoms with Crippen molar-refractivity contribution in [1.29, 1.82) is 0 Å². The van der Waals surface area contributed by atoms with Gasteiger partial charge in [-0.2, -0.15) is 0 Å². The van der Waals surface area contributed by atoms with Gasteiger partial charge >= 0.3 is 0 Å². The molecule has 0 aliphatic carbocycles. The number of hydrogen-bond donors (Lipinski definition) is 1. The Morgan fingerprint density at radius 3 is 2.33 bits per heavy atom. The van der Waals surface area contributed by atoms with Gasteiger partial charge in [-0.15, -0.1) is 0 Å². The second-order valence-corrected chi connectivity index (χ2v) is 5.36. The number of hydrogen-bond acceptors (Lipinski definition) is 2. The van der Waals surface area contributed by atoms with Crippen LogP contribution in [0, 0.1) is 0 Å². The minimum atomic E-state index is 0.547. The van der Waals surface area contributed by atoms with Gasteiger partial charge in [-0.05, 0) is 35.7 Å². The maximum absolute atomic E-state index is 4.40. The number of nitrogens with zero attached hydrogens (tertiary/aromatic N) is 2. The van der Waals surface area contributed by atoms with Gasteiger partial charge < -0.3 is 5.32 Å². The van der Waals surface area contributed by atoms with E-state index in [0.29, 0.717) is 5.92 Å². The molecule has 3 nitrogen and oxygen atoms in total. The van der Waals surface area contributed by atoms with Crippen molar-refractivity contribution in [3.63, 3.8) is 0 Å². The van der Waals surface area contributed by atoms with E-state index in [1.165, 1.54) is 5.56 Å². The summed E-state index contributed by atoms with van der Waals surface area (Å²) < 4.78 is 2.04. The molecule has 0 aliphatic rings. The van der Waals surface area contributed by atoms with Gasteiger partial charge in [0.1, 0.15) is 0 Å². The molecular weight excluding hydrogens is 258 g/mol. The molecule has 3 rings (SSSR count). The number of anilines is 2. The Labute approximate surface area is 125 Å². The third kappa shape index (κ3) is 2.97. The van der Waals surface area contributed by atoms with Crippen molar-refractivity contribution in [2.24, 2.45) is 0 Å². The summed E-state index contributed by atoms with van der Waals surface area (Å²) in [7, 11) is 0. The zero-order chi connectivity index (χ0) is 14.7. The highest BCUT2D eigenvalue weighted by atomic mass is 15.2.